The van der Waals surface area contributed by atoms with Crippen LogP contribution in [0.25, 0.3) is 0 Å². The van der Waals surface area contributed by atoms with Crippen molar-refractivity contribution in [2.45, 2.75) is 150 Å². The number of allylic oxidation sites excluding steroid dienone is 2. The van der Waals surface area contributed by atoms with Gasteiger partial charge in [-0.3, -0.25) is 0 Å². The van der Waals surface area contributed by atoms with Crippen LogP contribution in [0.2, 0.25) is 0 Å². The molecule has 4 fully saturated rings. The lowest BCUT2D eigenvalue weighted by molar-refractivity contribution is -0.161. The van der Waals surface area contributed by atoms with E-state index in [0.717, 1.165) is 37.5 Å². The minimum atomic E-state index is -5.94. The molecule has 5 rings (SSSR count). The first-order chi connectivity index (χ1) is 22.2. The number of hydrogen-bond acceptors (Lipinski definition) is 6. The topological polar surface area (TPSA) is 78.9 Å². The lowest BCUT2D eigenvalue weighted by Crippen LogP contribution is -2.62. The first-order valence-corrected chi connectivity index (χ1v) is 19.8. The zero-order valence-corrected chi connectivity index (χ0v) is 31.2. The summed E-state index contributed by atoms with van der Waals surface area (Å²) in [5.41, 5.74) is -8.01. The summed E-state index contributed by atoms with van der Waals surface area (Å²) in [5.74, 6) is 3.19. The average Bonchev–Trinajstić information content (AvgIpc) is 3.50. The Bertz CT molecular complexity index is 1390. The van der Waals surface area contributed by atoms with Crippen LogP contribution in [0.4, 0.5) is 18.0 Å². The van der Waals surface area contributed by atoms with Crippen LogP contribution in [-0.4, -0.2) is 31.8 Å². The van der Waals surface area contributed by atoms with Crippen molar-refractivity contribution >= 4 is 16.3 Å². The van der Waals surface area contributed by atoms with Crippen molar-refractivity contribution in [3.05, 3.63) is 24.0 Å². The summed E-state index contributed by atoms with van der Waals surface area (Å²) in [7, 11) is -5.94. The highest BCUT2D eigenvalue weighted by Gasteiger charge is 2.70. The molecule has 0 amide bonds. The molecule has 1 aliphatic heterocycles. The van der Waals surface area contributed by atoms with Crippen LogP contribution in [0.3, 0.4) is 0 Å². The molecule has 0 aromatic carbocycles. The minimum Gasteiger partial charge on any atom is -0.426 e. The third-order valence-electron chi connectivity index (χ3n) is 14.4. The first kappa shape index (κ1) is 37.5. The van der Waals surface area contributed by atoms with E-state index in [4.69, 9.17) is 13.7 Å². The maximum Gasteiger partial charge on any atom is 0.534 e. The Morgan fingerprint density at radius 3 is 2.27 bits per heavy atom. The van der Waals surface area contributed by atoms with Gasteiger partial charge >= 0.3 is 21.8 Å². The Morgan fingerprint density at radius 1 is 0.979 bits per heavy atom. The van der Waals surface area contributed by atoms with Crippen molar-refractivity contribution in [3.8, 4) is 0 Å². The Kier molecular flexibility index (Phi) is 10.0. The number of carbonyl (C=O) groups excluding carboxylic acids is 1. The van der Waals surface area contributed by atoms with E-state index in [1.54, 1.807) is 20.8 Å². The molecule has 1 heterocycles. The minimum absolute atomic E-state index is 0.155. The average molecular weight is 701 g/mol. The van der Waals surface area contributed by atoms with Crippen LogP contribution >= 0.6 is 0 Å². The Morgan fingerprint density at radius 2 is 1.65 bits per heavy atom. The molecule has 1 saturated heterocycles. The fourth-order valence-corrected chi connectivity index (χ4v) is 12.7. The third kappa shape index (κ3) is 5.93. The molecular formula is C38H59F3O6S. The predicted octanol–water partition coefficient (Wildman–Crippen LogP) is 10.7. The van der Waals surface area contributed by atoms with Gasteiger partial charge in [0.05, 0.1) is 5.41 Å². The van der Waals surface area contributed by atoms with E-state index < -0.39 is 38.9 Å². The van der Waals surface area contributed by atoms with E-state index >= 15 is 0 Å². The van der Waals surface area contributed by atoms with E-state index in [1.165, 1.54) is 32.1 Å². The zero-order chi connectivity index (χ0) is 35.7. The maximum atomic E-state index is 13.5. The van der Waals surface area contributed by atoms with Gasteiger partial charge in [-0.2, -0.15) is 21.6 Å². The maximum absolute atomic E-state index is 13.5. The summed E-state index contributed by atoms with van der Waals surface area (Å²) in [6.45, 7) is 20.9. The smallest absolute Gasteiger partial charge is 0.426 e. The van der Waals surface area contributed by atoms with Crippen LogP contribution in [0.15, 0.2) is 24.0 Å². The lowest BCUT2D eigenvalue weighted by Gasteiger charge is -2.61. The van der Waals surface area contributed by atoms with Crippen molar-refractivity contribution in [1.82, 2.24) is 0 Å². The summed E-state index contributed by atoms with van der Waals surface area (Å²) in [6.07, 6.45) is 11.9. The molecule has 5 aliphatic rings. The molecular weight excluding hydrogens is 641 g/mol. The Hall–Kier alpha value is -1.71. The molecule has 274 valence electrons. The molecule has 0 aromatic rings. The molecule has 1 spiro atoms. The summed E-state index contributed by atoms with van der Waals surface area (Å²) in [5, 5.41) is 0. The Balaban J connectivity index is 1.45. The van der Waals surface area contributed by atoms with E-state index in [2.05, 4.69) is 41.2 Å². The van der Waals surface area contributed by atoms with Crippen molar-refractivity contribution in [2.75, 3.05) is 0 Å². The second-order valence-corrected chi connectivity index (χ2v) is 19.1. The molecule has 10 atom stereocenters. The van der Waals surface area contributed by atoms with E-state index in [1.807, 2.05) is 6.08 Å². The van der Waals surface area contributed by atoms with Crippen molar-refractivity contribution in [3.63, 3.8) is 0 Å². The number of cyclic esters (lactones) is 1. The lowest BCUT2D eigenvalue weighted by atomic mass is 9.44. The molecule has 0 radical (unpaired) electrons. The number of hydrogen-bond donors (Lipinski definition) is 0. The van der Waals surface area contributed by atoms with Gasteiger partial charge in [0.15, 0.2) is 5.60 Å². The number of ether oxygens (including phenoxy) is 2. The highest BCUT2D eigenvalue weighted by Crippen LogP contribution is 2.69. The summed E-state index contributed by atoms with van der Waals surface area (Å²) < 4.78 is 82.2. The van der Waals surface area contributed by atoms with Crippen LogP contribution in [-0.2, 0) is 23.8 Å². The second-order valence-electron chi connectivity index (χ2n) is 17.6. The van der Waals surface area contributed by atoms with Crippen LogP contribution in [0, 0.1) is 57.7 Å². The van der Waals surface area contributed by atoms with E-state index in [0.29, 0.717) is 47.5 Å². The summed E-state index contributed by atoms with van der Waals surface area (Å²) in [6, 6.07) is 0. The van der Waals surface area contributed by atoms with Crippen LogP contribution in [0.1, 0.15) is 132 Å². The van der Waals surface area contributed by atoms with E-state index in [9.17, 15) is 26.4 Å². The van der Waals surface area contributed by atoms with Gasteiger partial charge in [0, 0.05) is 5.92 Å². The third-order valence-corrected chi connectivity index (χ3v) is 15.4. The monoisotopic (exact) mass is 700 g/mol. The molecule has 0 unspecified atom stereocenters. The van der Waals surface area contributed by atoms with Crippen molar-refractivity contribution in [1.29, 1.82) is 0 Å². The van der Waals surface area contributed by atoms with Gasteiger partial charge in [0.25, 0.3) is 0 Å². The van der Waals surface area contributed by atoms with Gasteiger partial charge in [-0.05, 0) is 130 Å². The fraction of sp³-hybridized carbons (Fsp3) is 0.868. The number of alkyl halides is 3. The number of rotatable bonds is 10. The summed E-state index contributed by atoms with van der Waals surface area (Å²) in [4.78, 5) is 13.1. The molecule has 3 saturated carbocycles. The number of halogens is 3. The highest BCUT2D eigenvalue weighted by atomic mass is 32.2. The van der Waals surface area contributed by atoms with Crippen LogP contribution in [0.5, 0.6) is 0 Å². The normalized spacial score (nSPS) is 40.3. The van der Waals surface area contributed by atoms with Gasteiger partial charge in [0.1, 0.15) is 11.9 Å². The molecule has 4 aliphatic carbocycles. The standard InChI is InChI=1S/C38H59F3O6S/c1-10-20-35(8)29-19-21-36(9)27(24(4)13-11-12-23(2)3)16-17-28(36)26(29)14-15-30(35)32-37(46-33(42)45-32)22-18-25(5)31(34(37,6)7)47-48(43,44)38(39,40)41/h10,23-24,26-30,32H,1,11-22H2,2-9H3/t24-,26+,27-,28+,29+,30+,32+,35-,36-,37-/m1/s1. The predicted molar refractivity (Wildman–Crippen MR) is 180 cm³/mol. The number of carbonyl (C=O) groups is 1. The SMILES string of the molecule is C=CC[C@]1(C)[C@H]2CC[C@]3(C)[C@@H]([C@H](C)CCCC(C)C)CC[C@H]3[C@@H]2CC[C@H]1[C@@H]1OC(=O)O[C@]12CCC(C)=C(OS(=O)(=O)C(F)(F)F)C2(C)C. The van der Waals surface area contributed by atoms with Crippen LogP contribution < -0.4 is 0 Å². The fourth-order valence-electron chi connectivity index (χ4n) is 12.0. The Labute approximate surface area is 287 Å². The van der Waals surface area contributed by atoms with Gasteiger partial charge in [-0.1, -0.05) is 60.0 Å². The number of fused-ring (bicyclic) bond motifs is 3. The summed E-state index contributed by atoms with van der Waals surface area (Å²) >= 11 is 0. The second kappa shape index (κ2) is 12.8. The molecule has 10 heteroatoms. The molecule has 0 bridgehead atoms. The molecule has 48 heavy (non-hydrogen) atoms. The molecule has 0 aromatic heterocycles. The first-order valence-electron chi connectivity index (χ1n) is 18.4. The largest absolute Gasteiger partial charge is 0.534 e. The van der Waals surface area contributed by atoms with Gasteiger partial charge in [-0.15, -0.1) is 6.58 Å². The zero-order valence-electron chi connectivity index (χ0n) is 30.4. The van der Waals surface area contributed by atoms with Gasteiger partial charge < -0.3 is 13.7 Å². The van der Waals surface area contributed by atoms with Gasteiger partial charge in [0.2, 0.25) is 0 Å². The van der Waals surface area contributed by atoms with Crippen molar-refractivity contribution < 1.29 is 40.0 Å². The molecule has 0 N–H and O–H groups in total. The highest BCUT2D eigenvalue weighted by molar-refractivity contribution is 7.87. The van der Waals surface area contributed by atoms with E-state index in [-0.39, 0.29) is 23.5 Å². The van der Waals surface area contributed by atoms with Crippen molar-refractivity contribution in [2.24, 2.45) is 57.7 Å². The quantitative estimate of drug-likeness (QED) is 0.0977. The molecule has 6 nitrogen and oxygen atoms in total. The van der Waals surface area contributed by atoms with Gasteiger partial charge in [-0.25, -0.2) is 4.79 Å².